The lowest BCUT2D eigenvalue weighted by Gasteiger charge is -2.09. The van der Waals surface area contributed by atoms with E-state index in [0.29, 0.717) is 11.6 Å². The third-order valence-corrected chi connectivity index (χ3v) is 3.36. The zero-order chi connectivity index (χ0) is 14.7. The molecule has 0 saturated heterocycles. The summed E-state index contributed by atoms with van der Waals surface area (Å²) in [7, 11) is 0. The van der Waals surface area contributed by atoms with Gasteiger partial charge in [0.25, 0.3) is 5.69 Å². The summed E-state index contributed by atoms with van der Waals surface area (Å²) in [6.45, 7) is 0. The smallest absolute Gasteiger partial charge is 0.272 e. The fourth-order valence-corrected chi connectivity index (χ4v) is 2.24. The number of ether oxygens (including phenoxy) is 1. The van der Waals surface area contributed by atoms with Crippen LogP contribution in [0.4, 0.5) is 5.69 Å². The number of rotatable bonds is 4. The lowest BCUT2D eigenvalue weighted by Crippen LogP contribution is -1.91. The molecule has 0 aliphatic rings. The molecule has 0 atom stereocenters. The fraction of sp³-hybridized carbons (Fsp3) is 0.0769. The van der Waals surface area contributed by atoms with Crippen LogP contribution in [0.5, 0.6) is 11.5 Å². The number of hydrogen-bond acceptors (Lipinski definition) is 3. The minimum atomic E-state index is -0.573. The molecule has 0 amide bonds. The third kappa shape index (κ3) is 3.33. The zero-order valence-electron chi connectivity index (χ0n) is 9.98. The lowest BCUT2D eigenvalue weighted by molar-refractivity contribution is -0.384. The first-order valence-electron chi connectivity index (χ1n) is 5.47. The van der Waals surface area contributed by atoms with Gasteiger partial charge in [-0.15, -0.1) is 11.6 Å². The summed E-state index contributed by atoms with van der Waals surface area (Å²) in [6, 6.07) is 9.41. The Hall–Kier alpha value is -1.49. The van der Waals surface area contributed by atoms with Crippen molar-refractivity contribution in [2.75, 3.05) is 0 Å². The molecule has 4 nitrogen and oxygen atoms in total. The molecule has 0 unspecified atom stereocenters. The number of halogens is 3. The maximum Gasteiger partial charge on any atom is 0.272 e. The van der Waals surface area contributed by atoms with Gasteiger partial charge in [-0.1, -0.05) is 35.3 Å². The highest BCUT2D eigenvalue weighted by atomic mass is 35.5. The van der Waals surface area contributed by atoms with E-state index in [2.05, 4.69) is 0 Å². The maximum atomic E-state index is 10.7. The quantitative estimate of drug-likeness (QED) is 0.426. The Morgan fingerprint density at radius 1 is 1.10 bits per heavy atom. The molecule has 0 aromatic heterocycles. The zero-order valence-corrected chi connectivity index (χ0v) is 12.2. The molecule has 7 heteroatoms. The molecule has 0 spiro atoms. The molecule has 0 N–H and O–H groups in total. The topological polar surface area (TPSA) is 52.4 Å². The lowest BCUT2D eigenvalue weighted by atomic mass is 10.2. The standard InChI is InChI=1S/C13H8Cl3NO3/c14-7-8-1-3-10(4-2-8)20-13-11(15)5-9(17(18)19)6-12(13)16/h1-6H,7H2. The van der Waals surface area contributed by atoms with Crippen molar-refractivity contribution in [2.24, 2.45) is 0 Å². The second kappa shape index (κ2) is 6.31. The van der Waals surface area contributed by atoms with Crippen molar-refractivity contribution in [2.45, 2.75) is 5.88 Å². The molecule has 2 aromatic rings. The minimum Gasteiger partial charge on any atom is -0.454 e. The van der Waals surface area contributed by atoms with E-state index in [0.717, 1.165) is 5.56 Å². The Morgan fingerprint density at radius 2 is 1.65 bits per heavy atom. The van der Waals surface area contributed by atoms with Crippen molar-refractivity contribution in [1.29, 1.82) is 0 Å². The van der Waals surface area contributed by atoms with Crippen molar-refractivity contribution < 1.29 is 9.66 Å². The van der Waals surface area contributed by atoms with E-state index >= 15 is 0 Å². The normalized spacial score (nSPS) is 10.3. The summed E-state index contributed by atoms with van der Waals surface area (Å²) < 4.78 is 5.54. The number of nitro benzene ring substituents is 1. The second-order valence-electron chi connectivity index (χ2n) is 3.88. The van der Waals surface area contributed by atoms with Gasteiger partial charge in [-0.2, -0.15) is 0 Å². The van der Waals surface area contributed by atoms with Crippen LogP contribution in [0.1, 0.15) is 5.56 Å². The van der Waals surface area contributed by atoms with E-state index in [1.807, 2.05) is 0 Å². The summed E-state index contributed by atoms with van der Waals surface area (Å²) >= 11 is 17.6. The molecule has 2 rings (SSSR count). The molecule has 0 saturated carbocycles. The predicted molar refractivity (Wildman–Crippen MR) is 79.2 cm³/mol. The molecule has 2 aromatic carbocycles. The molecule has 0 aliphatic carbocycles. The fourth-order valence-electron chi connectivity index (χ4n) is 1.51. The molecule has 0 heterocycles. The monoisotopic (exact) mass is 331 g/mol. The van der Waals surface area contributed by atoms with Gasteiger partial charge in [-0.25, -0.2) is 0 Å². The van der Waals surface area contributed by atoms with Gasteiger partial charge in [-0.05, 0) is 17.7 Å². The summed E-state index contributed by atoms with van der Waals surface area (Å²) in [6.07, 6.45) is 0. The Labute approximate surface area is 130 Å². The Morgan fingerprint density at radius 3 is 2.10 bits per heavy atom. The first-order chi connectivity index (χ1) is 9.51. The van der Waals surface area contributed by atoms with Gasteiger partial charge >= 0.3 is 0 Å². The van der Waals surface area contributed by atoms with Crippen LogP contribution in [0.2, 0.25) is 10.0 Å². The number of nitro groups is 1. The molecular formula is C13H8Cl3NO3. The van der Waals surface area contributed by atoms with Crippen LogP contribution >= 0.6 is 34.8 Å². The van der Waals surface area contributed by atoms with Crippen LogP contribution in [-0.2, 0) is 5.88 Å². The summed E-state index contributed by atoms with van der Waals surface area (Å²) in [5, 5.41) is 10.8. The average Bonchev–Trinajstić information content (AvgIpc) is 2.43. The average molecular weight is 333 g/mol. The van der Waals surface area contributed by atoms with E-state index in [-0.39, 0.29) is 21.5 Å². The molecule has 20 heavy (non-hydrogen) atoms. The number of nitrogens with zero attached hydrogens (tertiary/aromatic N) is 1. The van der Waals surface area contributed by atoms with Gasteiger partial charge in [0.15, 0.2) is 5.75 Å². The van der Waals surface area contributed by atoms with Gasteiger partial charge in [0, 0.05) is 18.0 Å². The number of hydrogen-bond donors (Lipinski definition) is 0. The van der Waals surface area contributed by atoms with Crippen LogP contribution in [0.25, 0.3) is 0 Å². The summed E-state index contributed by atoms with van der Waals surface area (Å²) in [5.74, 6) is 1.09. The van der Waals surface area contributed by atoms with E-state index < -0.39 is 4.92 Å². The number of non-ortho nitro benzene ring substituents is 1. The van der Waals surface area contributed by atoms with Crippen LogP contribution in [0.3, 0.4) is 0 Å². The van der Waals surface area contributed by atoms with E-state index in [9.17, 15) is 10.1 Å². The highest BCUT2D eigenvalue weighted by molar-refractivity contribution is 6.37. The Balaban J connectivity index is 2.30. The molecule has 0 aliphatic heterocycles. The largest absolute Gasteiger partial charge is 0.454 e. The molecule has 0 fully saturated rings. The van der Waals surface area contributed by atoms with E-state index in [1.54, 1.807) is 24.3 Å². The maximum absolute atomic E-state index is 10.7. The van der Waals surface area contributed by atoms with Crippen molar-refractivity contribution in [3.63, 3.8) is 0 Å². The van der Waals surface area contributed by atoms with Crippen molar-refractivity contribution in [3.05, 3.63) is 62.1 Å². The number of benzene rings is 2. The van der Waals surface area contributed by atoms with Crippen LogP contribution in [-0.4, -0.2) is 4.92 Å². The molecular weight excluding hydrogens is 325 g/mol. The van der Waals surface area contributed by atoms with Crippen molar-refractivity contribution in [3.8, 4) is 11.5 Å². The van der Waals surface area contributed by atoms with Crippen LogP contribution in [0.15, 0.2) is 36.4 Å². The third-order valence-electron chi connectivity index (χ3n) is 2.49. The van der Waals surface area contributed by atoms with Crippen molar-refractivity contribution in [1.82, 2.24) is 0 Å². The van der Waals surface area contributed by atoms with Gasteiger partial charge in [-0.3, -0.25) is 10.1 Å². The molecule has 0 bridgehead atoms. The molecule has 104 valence electrons. The van der Waals surface area contributed by atoms with Crippen molar-refractivity contribution >= 4 is 40.5 Å². The van der Waals surface area contributed by atoms with Gasteiger partial charge in [0.05, 0.1) is 15.0 Å². The Bertz CT molecular complexity index is 621. The predicted octanol–water partition coefficient (Wildman–Crippen LogP) is 5.43. The van der Waals surface area contributed by atoms with E-state index in [1.165, 1.54) is 12.1 Å². The van der Waals surface area contributed by atoms with Gasteiger partial charge in [0.2, 0.25) is 0 Å². The summed E-state index contributed by atoms with van der Waals surface area (Å²) in [4.78, 5) is 10.1. The first kappa shape index (κ1) is 14.9. The highest BCUT2D eigenvalue weighted by Crippen LogP contribution is 2.39. The summed E-state index contributed by atoms with van der Waals surface area (Å²) in [5.41, 5.74) is 0.754. The Kier molecular flexibility index (Phi) is 4.70. The minimum absolute atomic E-state index is 0.0746. The second-order valence-corrected chi connectivity index (χ2v) is 4.96. The van der Waals surface area contributed by atoms with Crippen LogP contribution < -0.4 is 4.74 Å². The number of alkyl halides is 1. The van der Waals surface area contributed by atoms with E-state index in [4.69, 9.17) is 39.5 Å². The SMILES string of the molecule is O=[N+]([O-])c1cc(Cl)c(Oc2ccc(CCl)cc2)c(Cl)c1. The highest BCUT2D eigenvalue weighted by Gasteiger charge is 2.16. The van der Waals surface area contributed by atoms with Gasteiger partial charge < -0.3 is 4.74 Å². The first-order valence-corrected chi connectivity index (χ1v) is 6.76. The van der Waals surface area contributed by atoms with Crippen LogP contribution in [0, 0.1) is 10.1 Å². The molecule has 0 radical (unpaired) electrons. The van der Waals surface area contributed by atoms with Gasteiger partial charge in [0.1, 0.15) is 5.75 Å².